The number of nitrogens with one attached hydrogen (secondary N) is 2. The first-order chi connectivity index (χ1) is 12.8. The number of aryl methyl sites for hydroxylation is 2. The fourth-order valence-corrected chi connectivity index (χ4v) is 2.63. The van der Waals surface area contributed by atoms with Crippen LogP contribution in [0, 0.1) is 13.8 Å². The van der Waals surface area contributed by atoms with E-state index in [9.17, 15) is 9.59 Å². The average Bonchev–Trinajstić information content (AvgIpc) is 2.62. The maximum atomic E-state index is 12.6. The first kappa shape index (κ1) is 20.3. The molecule has 27 heavy (non-hydrogen) atoms. The minimum Gasteiger partial charge on any atom is -0.493 e. The lowest BCUT2D eigenvalue weighted by molar-refractivity contribution is -0.123. The minimum atomic E-state index is -0.241. The molecule has 0 aliphatic rings. The fraction of sp³-hybridized carbons (Fsp3) is 0.333. The van der Waals surface area contributed by atoms with Gasteiger partial charge in [-0.15, -0.1) is 0 Å². The van der Waals surface area contributed by atoms with Crippen LogP contribution >= 0.6 is 0 Å². The van der Waals surface area contributed by atoms with Crippen molar-refractivity contribution in [2.45, 2.75) is 33.7 Å². The van der Waals surface area contributed by atoms with Crippen molar-refractivity contribution in [1.29, 1.82) is 0 Å². The highest BCUT2D eigenvalue weighted by Gasteiger charge is 2.14. The van der Waals surface area contributed by atoms with Gasteiger partial charge in [0.05, 0.1) is 7.11 Å². The summed E-state index contributed by atoms with van der Waals surface area (Å²) in [4.78, 5) is 24.3. The molecule has 0 radical (unpaired) electrons. The van der Waals surface area contributed by atoms with E-state index in [0.717, 1.165) is 16.8 Å². The molecule has 144 valence electrons. The predicted molar refractivity (Wildman–Crippen MR) is 106 cm³/mol. The Kier molecular flexibility index (Phi) is 6.82. The molecule has 2 aromatic rings. The highest BCUT2D eigenvalue weighted by atomic mass is 16.5. The first-order valence-electron chi connectivity index (χ1n) is 8.79. The second kappa shape index (κ2) is 9.07. The van der Waals surface area contributed by atoms with Gasteiger partial charge in [0.1, 0.15) is 0 Å². The lowest BCUT2D eigenvalue weighted by Gasteiger charge is -2.14. The molecule has 0 unspecified atom stereocenters. The SMILES string of the molecule is COc1cc(C(=O)Nc2c(C)cccc2C)ccc1OCC(=O)NC(C)C. The Morgan fingerprint density at radius 2 is 1.70 bits per heavy atom. The van der Waals surface area contributed by atoms with Crippen LogP contribution in [0.4, 0.5) is 5.69 Å². The lowest BCUT2D eigenvalue weighted by atomic mass is 10.1. The Hall–Kier alpha value is -3.02. The summed E-state index contributed by atoms with van der Waals surface area (Å²) < 4.78 is 10.8. The number of para-hydroxylation sites is 1. The Morgan fingerprint density at radius 1 is 1.04 bits per heavy atom. The molecular weight excluding hydrogens is 344 g/mol. The van der Waals surface area contributed by atoms with Crippen LogP contribution < -0.4 is 20.1 Å². The number of ether oxygens (including phenoxy) is 2. The topological polar surface area (TPSA) is 76.7 Å². The predicted octanol–water partition coefficient (Wildman–Crippen LogP) is 3.47. The van der Waals surface area contributed by atoms with E-state index >= 15 is 0 Å². The van der Waals surface area contributed by atoms with Crippen LogP contribution in [-0.4, -0.2) is 31.6 Å². The number of hydrogen-bond acceptors (Lipinski definition) is 4. The lowest BCUT2D eigenvalue weighted by Crippen LogP contribution is -2.34. The van der Waals surface area contributed by atoms with Gasteiger partial charge in [-0.1, -0.05) is 18.2 Å². The van der Waals surface area contributed by atoms with E-state index in [-0.39, 0.29) is 24.5 Å². The summed E-state index contributed by atoms with van der Waals surface area (Å²) in [5.41, 5.74) is 3.22. The molecule has 0 saturated carbocycles. The summed E-state index contributed by atoms with van der Waals surface area (Å²) in [6, 6.07) is 10.7. The highest BCUT2D eigenvalue weighted by molar-refractivity contribution is 6.05. The molecule has 0 aromatic heterocycles. The Balaban J connectivity index is 2.12. The molecule has 0 atom stereocenters. The van der Waals surface area contributed by atoms with E-state index in [0.29, 0.717) is 17.1 Å². The van der Waals surface area contributed by atoms with Gasteiger partial charge in [-0.3, -0.25) is 9.59 Å². The van der Waals surface area contributed by atoms with Crippen LogP contribution in [0.15, 0.2) is 36.4 Å². The number of carbonyl (C=O) groups excluding carboxylic acids is 2. The zero-order chi connectivity index (χ0) is 20.0. The molecule has 2 aromatic carbocycles. The van der Waals surface area contributed by atoms with Crippen molar-refractivity contribution in [3.05, 3.63) is 53.1 Å². The first-order valence-corrected chi connectivity index (χ1v) is 8.79. The van der Waals surface area contributed by atoms with Gasteiger partial charge in [0, 0.05) is 17.3 Å². The number of amides is 2. The number of anilines is 1. The number of methoxy groups -OCH3 is 1. The number of benzene rings is 2. The number of rotatable bonds is 7. The van der Waals surface area contributed by atoms with E-state index < -0.39 is 0 Å². The third kappa shape index (κ3) is 5.48. The zero-order valence-corrected chi connectivity index (χ0v) is 16.4. The molecule has 6 heteroatoms. The molecule has 2 N–H and O–H groups in total. The molecular formula is C21H26N2O4. The van der Waals surface area contributed by atoms with E-state index in [4.69, 9.17) is 9.47 Å². The summed E-state index contributed by atoms with van der Waals surface area (Å²) in [7, 11) is 1.49. The molecule has 6 nitrogen and oxygen atoms in total. The molecule has 2 amide bonds. The monoisotopic (exact) mass is 370 g/mol. The quantitative estimate of drug-likeness (QED) is 0.782. The smallest absolute Gasteiger partial charge is 0.258 e. The highest BCUT2D eigenvalue weighted by Crippen LogP contribution is 2.29. The number of hydrogen-bond donors (Lipinski definition) is 2. The molecule has 0 saturated heterocycles. The average molecular weight is 370 g/mol. The summed E-state index contributed by atoms with van der Waals surface area (Å²) in [6.45, 7) is 7.53. The largest absolute Gasteiger partial charge is 0.493 e. The van der Waals surface area contributed by atoms with E-state index in [1.54, 1.807) is 18.2 Å². The van der Waals surface area contributed by atoms with Crippen molar-refractivity contribution in [3.63, 3.8) is 0 Å². The van der Waals surface area contributed by atoms with Gasteiger partial charge < -0.3 is 20.1 Å². The van der Waals surface area contributed by atoms with Gasteiger partial charge in [0.15, 0.2) is 18.1 Å². The van der Waals surface area contributed by atoms with Crippen LogP contribution in [0.5, 0.6) is 11.5 Å². The maximum Gasteiger partial charge on any atom is 0.258 e. The van der Waals surface area contributed by atoms with Crippen molar-refractivity contribution >= 4 is 17.5 Å². The van der Waals surface area contributed by atoms with E-state index in [2.05, 4.69) is 10.6 Å². The van der Waals surface area contributed by atoms with Gasteiger partial charge in [0.2, 0.25) is 0 Å². The van der Waals surface area contributed by atoms with Crippen molar-refractivity contribution in [1.82, 2.24) is 5.32 Å². The van der Waals surface area contributed by atoms with Crippen LogP contribution in [-0.2, 0) is 4.79 Å². The molecule has 0 aliphatic heterocycles. The number of carbonyl (C=O) groups is 2. The van der Waals surface area contributed by atoms with E-state index in [1.807, 2.05) is 45.9 Å². The minimum absolute atomic E-state index is 0.0407. The van der Waals surface area contributed by atoms with Gasteiger partial charge >= 0.3 is 0 Å². The maximum absolute atomic E-state index is 12.6. The molecule has 0 heterocycles. The van der Waals surface area contributed by atoms with Gasteiger partial charge in [-0.2, -0.15) is 0 Å². The van der Waals surface area contributed by atoms with Crippen molar-refractivity contribution in [2.75, 3.05) is 19.0 Å². The van der Waals surface area contributed by atoms with Crippen LogP contribution in [0.2, 0.25) is 0 Å². The van der Waals surface area contributed by atoms with Crippen LogP contribution in [0.3, 0.4) is 0 Å². The standard InChI is InChI=1S/C21H26N2O4/c1-13(2)22-19(24)12-27-17-10-9-16(11-18(17)26-5)21(25)23-20-14(3)7-6-8-15(20)4/h6-11,13H,12H2,1-5H3,(H,22,24)(H,23,25). The summed E-state index contributed by atoms with van der Waals surface area (Å²) in [5.74, 6) is 0.334. The fourth-order valence-electron chi connectivity index (χ4n) is 2.63. The summed E-state index contributed by atoms with van der Waals surface area (Å²) >= 11 is 0. The molecule has 0 bridgehead atoms. The third-order valence-corrected chi connectivity index (χ3v) is 3.95. The Morgan fingerprint density at radius 3 is 2.30 bits per heavy atom. The molecule has 0 aliphatic carbocycles. The van der Waals surface area contributed by atoms with Crippen molar-refractivity contribution in [3.8, 4) is 11.5 Å². The molecule has 2 rings (SSSR count). The molecule has 0 fully saturated rings. The van der Waals surface area contributed by atoms with Gasteiger partial charge in [-0.25, -0.2) is 0 Å². The van der Waals surface area contributed by atoms with Gasteiger partial charge in [0.25, 0.3) is 11.8 Å². The second-order valence-corrected chi connectivity index (χ2v) is 6.60. The van der Waals surface area contributed by atoms with Crippen LogP contribution in [0.1, 0.15) is 35.3 Å². The second-order valence-electron chi connectivity index (χ2n) is 6.60. The Labute approximate surface area is 159 Å². The third-order valence-electron chi connectivity index (χ3n) is 3.95. The summed E-state index contributed by atoms with van der Waals surface area (Å²) in [6.07, 6.45) is 0. The Bertz CT molecular complexity index is 811. The van der Waals surface area contributed by atoms with Crippen molar-refractivity contribution < 1.29 is 19.1 Å². The van der Waals surface area contributed by atoms with E-state index in [1.165, 1.54) is 7.11 Å². The van der Waals surface area contributed by atoms with Crippen molar-refractivity contribution in [2.24, 2.45) is 0 Å². The molecule has 0 spiro atoms. The normalized spacial score (nSPS) is 10.4. The summed E-state index contributed by atoms with van der Waals surface area (Å²) in [5, 5.41) is 5.69. The van der Waals surface area contributed by atoms with Crippen LogP contribution in [0.25, 0.3) is 0 Å². The van der Waals surface area contributed by atoms with Gasteiger partial charge in [-0.05, 0) is 57.0 Å². The zero-order valence-electron chi connectivity index (χ0n) is 16.4.